The van der Waals surface area contributed by atoms with Crippen LogP contribution in [0.4, 0.5) is 0 Å². The van der Waals surface area contributed by atoms with Crippen molar-refractivity contribution < 1.29 is 0 Å². The average Bonchev–Trinajstić information content (AvgIpc) is 2.63. The fraction of sp³-hybridized carbons (Fsp3) is 0.727. The molecule has 1 unspecified atom stereocenters. The van der Waals surface area contributed by atoms with Crippen LogP contribution in [0, 0.1) is 5.41 Å². The summed E-state index contributed by atoms with van der Waals surface area (Å²) < 4.78 is 0. The average molecular weight is 208 g/mol. The Bertz CT molecular complexity index is 301. The molecule has 0 amide bonds. The second-order valence-corrected chi connectivity index (χ2v) is 5.61. The van der Waals surface area contributed by atoms with E-state index < -0.39 is 0 Å². The normalized spacial score (nSPS) is 28.4. The zero-order valence-electron chi connectivity index (χ0n) is 8.33. The Morgan fingerprint density at radius 1 is 1.50 bits per heavy atom. The van der Waals surface area contributed by atoms with Crippen molar-refractivity contribution in [2.75, 3.05) is 0 Å². The first kappa shape index (κ1) is 8.86. The third kappa shape index (κ3) is 1.48. The van der Waals surface area contributed by atoms with Crippen LogP contribution in [0.5, 0.6) is 0 Å². The van der Waals surface area contributed by atoms with Crippen LogP contribution in [0.3, 0.4) is 0 Å². The van der Waals surface area contributed by atoms with Gasteiger partial charge in [0, 0.05) is 24.2 Å². The molecule has 1 atom stereocenters. The molecule has 2 nitrogen and oxygen atoms in total. The highest BCUT2D eigenvalue weighted by Gasteiger charge is 2.54. The smallest absolute Gasteiger partial charge is 0.106 e. The Balaban J connectivity index is 1.51. The molecule has 2 saturated carbocycles. The minimum atomic E-state index is 0.720. The first-order valence-electron chi connectivity index (χ1n) is 5.51. The highest BCUT2D eigenvalue weighted by molar-refractivity contribution is 7.09. The van der Waals surface area contributed by atoms with Crippen LogP contribution in [-0.4, -0.2) is 11.0 Å². The Morgan fingerprint density at radius 2 is 2.36 bits per heavy atom. The predicted octanol–water partition coefficient (Wildman–Crippen LogP) is 2.57. The van der Waals surface area contributed by atoms with Crippen LogP contribution >= 0.6 is 11.3 Å². The molecule has 1 aromatic heterocycles. The topological polar surface area (TPSA) is 24.9 Å². The molecule has 2 fully saturated rings. The second kappa shape index (κ2) is 3.31. The molecule has 3 heteroatoms. The third-order valence-electron chi connectivity index (χ3n) is 3.77. The molecule has 0 saturated heterocycles. The fourth-order valence-electron chi connectivity index (χ4n) is 2.82. The Morgan fingerprint density at radius 3 is 3.07 bits per heavy atom. The molecule has 3 rings (SSSR count). The number of aromatic nitrogens is 1. The molecule has 14 heavy (non-hydrogen) atoms. The number of hydrogen-bond donors (Lipinski definition) is 1. The summed E-state index contributed by atoms with van der Waals surface area (Å²) in [7, 11) is 0. The monoisotopic (exact) mass is 208 g/mol. The second-order valence-electron chi connectivity index (χ2n) is 4.63. The molecule has 1 aromatic rings. The maximum Gasteiger partial charge on any atom is 0.106 e. The Kier molecular flexibility index (Phi) is 2.10. The first-order chi connectivity index (χ1) is 6.89. The van der Waals surface area contributed by atoms with Gasteiger partial charge in [-0.05, 0) is 24.7 Å². The largest absolute Gasteiger partial charge is 0.307 e. The summed E-state index contributed by atoms with van der Waals surface area (Å²) in [6, 6.07) is 0.800. The zero-order chi connectivity index (χ0) is 9.43. The first-order valence-corrected chi connectivity index (χ1v) is 6.39. The van der Waals surface area contributed by atoms with E-state index in [-0.39, 0.29) is 0 Å². The third-order valence-corrected chi connectivity index (χ3v) is 4.55. The molecule has 0 radical (unpaired) electrons. The van der Waals surface area contributed by atoms with E-state index >= 15 is 0 Å². The van der Waals surface area contributed by atoms with E-state index in [1.165, 1.54) is 37.1 Å². The van der Waals surface area contributed by atoms with Crippen LogP contribution in [0.1, 0.15) is 37.1 Å². The van der Waals surface area contributed by atoms with Gasteiger partial charge in [-0.1, -0.05) is 12.8 Å². The summed E-state index contributed by atoms with van der Waals surface area (Å²) in [6.07, 6.45) is 9.13. The lowest BCUT2D eigenvalue weighted by Crippen LogP contribution is -2.21. The Hall–Kier alpha value is -0.410. The maximum absolute atomic E-state index is 4.29. The van der Waals surface area contributed by atoms with E-state index in [0.29, 0.717) is 0 Å². The van der Waals surface area contributed by atoms with E-state index in [9.17, 15) is 0 Å². The van der Waals surface area contributed by atoms with Crippen LogP contribution < -0.4 is 5.32 Å². The highest BCUT2D eigenvalue weighted by Crippen LogP contribution is 2.57. The summed E-state index contributed by atoms with van der Waals surface area (Å²) in [4.78, 5) is 4.29. The van der Waals surface area contributed by atoms with Crippen molar-refractivity contribution in [1.29, 1.82) is 0 Å². The summed E-state index contributed by atoms with van der Waals surface area (Å²) in [5, 5.41) is 6.92. The molecule has 0 aromatic carbocycles. The minimum absolute atomic E-state index is 0.720. The lowest BCUT2D eigenvalue weighted by Gasteiger charge is -2.08. The van der Waals surface area contributed by atoms with Gasteiger partial charge in [0.1, 0.15) is 5.01 Å². The van der Waals surface area contributed by atoms with Crippen molar-refractivity contribution >= 4 is 11.3 Å². The van der Waals surface area contributed by atoms with Gasteiger partial charge in [-0.15, -0.1) is 11.3 Å². The summed E-state index contributed by atoms with van der Waals surface area (Å²) >= 11 is 1.75. The van der Waals surface area contributed by atoms with Gasteiger partial charge in [-0.2, -0.15) is 0 Å². The number of hydrogen-bond acceptors (Lipinski definition) is 3. The van der Waals surface area contributed by atoms with Gasteiger partial charge in [0.05, 0.1) is 0 Å². The van der Waals surface area contributed by atoms with Gasteiger partial charge in [0.25, 0.3) is 0 Å². The molecule has 0 aliphatic heterocycles. The van der Waals surface area contributed by atoms with Crippen LogP contribution in [0.2, 0.25) is 0 Å². The van der Waals surface area contributed by atoms with E-state index in [4.69, 9.17) is 0 Å². The van der Waals surface area contributed by atoms with Gasteiger partial charge < -0.3 is 5.32 Å². The van der Waals surface area contributed by atoms with Crippen LogP contribution in [-0.2, 0) is 6.54 Å². The zero-order valence-corrected chi connectivity index (χ0v) is 9.15. The fourth-order valence-corrected chi connectivity index (χ4v) is 3.39. The van der Waals surface area contributed by atoms with E-state index in [2.05, 4.69) is 15.7 Å². The molecule has 2 aliphatic carbocycles. The highest BCUT2D eigenvalue weighted by atomic mass is 32.1. The van der Waals surface area contributed by atoms with Crippen molar-refractivity contribution in [1.82, 2.24) is 10.3 Å². The summed E-state index contributed by atoms with van der Waals surface area (Å²) in [6.45, 7) is 0.976. The quantitative estimate of drug-likeness (QED) is 0.825. The number of thiazole rings is 1. The molecule has 2 aliphatic rings. The van der Waals surface area contributed by atoms with E-state index in [1.54, 1.807) is 11.3 Å². The number of nitrogens with one attached hydrogen (secondary N) is 1. The molecular weight excluding hydrogens is 192 g/mol. The standard InChI is InChI=1S/C11H16N2S/c1-2-4-11(3-1)7-9(11)13-8-10-12-5-6-14-10/h5-6,9,13H,1-4,7-8H2. The lowest BCUT2D eigenvalue weighted by molar-refractivity contribution is 0.468. The van der Waals surface area contributed by atoms with Gasteiger partial charge in [-0.3, -0.25) is 0 Å². The number of nitrogens with zero attached hydrogens (tertiary/aromatic N) is 1. The molecule has 1 N–H and O–H groups in total. The van der Waals surface area contributed by atoms with E-state index in [0.717, 1.165) is 18.0 Å². The van der Waals surface area contributed by atoms with Crippen LogP contribution in [0.15, 0.2) is 11.6 Å². The molecule has 76 valence electrons. The molecule has 0 bridgehead atoms. The Labute approximate surface area is 88.7 Å². The van der Waals surface area contributed by atoms with Gasteiger partial charge >= 0.3 is 0 Å². The summed E-state index contributed by atoms with van der Waals surface area (Å²) in [5.41, 5.74) is 0.720. The van der Waals surface area contributed by atoms with Crippen molar-refractivity contribution in [2.45, 2.75) is 44.7 Å². The van der Waals surface area contributed by atoms with Crippen molar-refractivity contribution in [3.63, 3.8) is 0 Å². The van der Waals surface area contributed by atoms with Gasteiger partial charge in [0.2, 0.25) is 0 Å². The SMILES string of the molecule is c1csc(CNC2CC23CCCC3)n1. The molecule has 1 heterocycles. The van der Waals surface area contributed by atoms with Gasteiger partial charge in [-0.25, -0.2) is 4.98 Å². The predicted molar refractivity (Wildman–Crippen MR) is 58.3 cm³/mol. The van der Waals surface area contributed by atoms with Gasteiger partial charge in [0.15, 0.2) is 0 Å². The van der Waals surface area contributed by atoms with Crippen molar-refractivity contribution in [3.05, 3.63) is 16.6 Å². The minimum Gasteiger partial charge on any atom is -0.307 e. The van der Waals surface area contributed by atoms with Crippen LogP contribution in [0.25, 0.3) is 0 Å². The van der Waals surface area contributed by atoms with Crippen molar-refractivity contribution in [3.8, 4) is 0 Å². The summed E-state index contributed by atoms with van der Waals surface area (Å²) in [5.74, 6) is 0. The number of rotatable bonds is 3. The lowest BCUT2D eigenvalue weighted by atomic mass is 10.1. The van der Waals surface area contributed by atoms with E-state index in [1.807, 2.05) is 6.20 Å². The van der Waals surface area contributed by atoms with Crippen molar-refractivity contribution in [2.24, 2.45) is 5.41 Å². The molecular formula is C11H16N2S. The maximum atomic E-state index is 4.29. The molecule has 1 spiro atoms.